The highest BCUT2D eigenvalue weighted by Crippen LogP contribution is 2.33. The van der Waals surface area contributed by atoms with Crippen molar-refractivity contribution in [1.29, 1.82) is 0 Å². The maximum atomic E-state index is 13.0. The summed E-state index contributed by atoms with van der Waals surface area (Å²) in [7, 11) is 2.01. The molecule has 34 heavy (non-hydrogen) atoms. The highest BCUT2D eigenvalue weighted by atomic mass is 35.5. The second kappa shape index (κ2) is 10.5. The first-order chi connectivity index (χ1) is 16.4. The minimum atomic E-state index is -0.292. The van der Waals surface area contributed by atoms with Crippen molar-refractivity contribution in [3.63, 3.8) is 0 Å². The van der Waals surface area contributed by atoms with Gasteiger partial charge in [-0.1, -0.05) is 29.8 Å². The molecule has 0 radical (unpaired) electrons. The van der Waals surface area contributed by atoms with Crippen molar-refractivity contribution < 1.29 is 9.59 Å². The van der Waals surface area contributed by atoms with Gasteiger partial charge in [0.25, 0.3) is 0 Å². The summed E-state index contributed by atoms with van der Waals surface area (Å²) in [6.07, 6.45) is 4.84. The molecule has 174 valence electrons. The molecule has 1 aliphatic rings. The Labute approximate surface area is 203 Å². The third-order valence-corrected chi connectivity index (χ3v) is 6.06. The molecule has 0 bridgehead atoms. The van der Waals surface area contributed by atoms with E-state index in [0.717, 1.165) is 17.8 Å². The molecule has 2 atom stereocenters. The van der Waals surface area contributed by atoms with E-state index in [4.69, 9.17) is 17.3 Å². The molecule has 2 aromatic carbocycles. The maximum Gasteiger partial charge on any atom is 0.248 e. The van der Waals surface area contributed by atoms with Gasteiger partial charge in [-0.25, -0.2) is 0 Å². The van der Waals surface area contributed by atoms with Gasteiger partial charge in [0.1, 0.15) is 0 Å². The number of hydrogen-bond donors (Lipinski definition) is 3. The molecule has 7 nitrogen and oxygen atoms in total. The summed E-state index contributed by atoms with van der Waals surface area (Å²) < 4.78 is 0. The van der Waals surface area contributed by atoms with Crippen molar-refractivity contribution in [3.8, 4) is 0 Å². The minimum absolute atomic E-state index is 0.0205. The van der Waals surface area contributed by atoms with Gasteiger partial charge in [0.2, 0.25) is 11.8 Å². The number of rotatable bonds is 6. The lowest BCUT2D eigenvalue weighted by Crippen LogP contribution is -2.28. The Morgan fingerprint density at radius 2 is 1.82 bits per heavy atom. The van der Waals surface area contributed by atoms with Crippen LogP contribution in [0.1, 0.15) is 17.2 Å². The van der Waals surface area contributed by atoms with E-state index < -0.39 is 0 Å². The van der Waals surface area contributed by atoms with Crippen LogP contribution in [0.15, 0.2) is 72.9 Å². The number of carbonyl (C=O) groups is 2. The summed E-state index contributed by atoms with van der Waals surface area (Å²) in [4.78, 5) is 31.8. The van der Waals surface area contributed by atoms with Gasteiger partial charge in [-0.05, 0) is 61.2 Å². The molecule has 2 amide bonds. The fourth-order valence-electron chi connectivity index (χ4n) is 4.05. The predicted molar refractivity (Wildman–Crippen MR) is 137 cm³/mol. The maximum absolute atomic E-state index is 13.0. The van der Waals surface area contributed by atoms with Crippen molar-refractivity contribution >= 4 is 46.6 Å². The average Bonchev–Trinajstić information content (AvgIpc) is 3.23. The number of aromatic nitrogens is 1. The fourth-order valence-corrected chi connectivity index (χ4v) is 4.18. The van der Waals surface area contributed by atoms with Crippen LogP contribution in [-0.4, -0.2) is 41.8 Å². The first-order valence-corrected chi connectivity index (χ1v) is 11.3. The molecule has 2 heterocycles. The summed E-state index contributed by atoms with van der Waals surface area (Å²) in [5.74, 6) is -0.504. The topological polar surface area (TPSA) is 100 Å². The first-order valence-electron chi connectivity index (χ1n) is 10.9. The fraction of sp³-hybridized carbons (Fsp3) is 0.192. The Morgan fingerprint density at radius 1 is 1.06 bits per heavy atom. The van der Waals surface area contributed by atoms with Crippen LogP contribution >= 0.6 is 11.6 Å². The number of nitrogens with zero attached hydrogens (tertiary/aromatic N) is 2. The summed E-state index contributed by atoms with van der Waals surface area (Å²) >= 11 is 5.93. The molecule has 1 fully saturated rings. The lowest BCUT2D eigenvalue weighted by atomic mass is 9.89. The minimum Gasteiger partial charge on any atom is -0.397 e. The van der Waals surface area contributed by atoms with E-state index in [0.29, 0.717) is 28.6 Å². The Morgan fingerprint density at radius 3 is 2.53 bits per heavy atom. The normalized spacial score (nSPS) is 18.2. The van der Waals surface area contributed by atoms with Crippen molar-refractivity contribution in [2.24, 2.45) is 5.92 Å². The highest BCUT2D eigenvalue weighted by molar-refractivity contribution is 6.30. The van der Waals surface area contributed by atoms with Crippen LogP contribution in [0.25, 0.3) is 6.08 Å². The number of nitrogens with two attached hydrogens (primary N) is 1. The SMILES string of the molecule is CN1C[C@H](C(=O)Nc2ccc(Cl)cc2)[C@@H](c2ccc(/C=C/C(=O)Nc3ccccc3N)nc2)C1. The van der Waals surface area contributed by atoms with Crippen LogP contribution in [0.3, 0.4) is 0 Å². The molecule has 1 saturated heterocycles. The number of carbonyl (C=O) groups excluding carboxylic acids is 2. The zero-order chi connectivity index (χ0) is 24.1. The number of nitrogens with one attached hydrogen (secondary N) is 2. The van der Waals surface area contributed by atoms with Gasteiger partial charge in [-0.2, -0.15) is 0 Å². The van der Waals surface area contributed by atoms with E-state index in [9.17, 15) is 9.59 Å². The molecule has 0 aliphatic carbocycles. The monoisotopic (exact) mass is 475 g/mol. The average molecular weight is 476 g/mol. The second-order valence-electron chi connectivity index (χ2n) is 8.36. The third-order valence-electron chi connectivity index (χ3n) is 5.81. The molecular formula is C26H26ClN5O2. The molecule has 4 rings (SSSR count). The van der Waals surface area contributed by atoms with Gasteiger partial charge in [-0.3, -0.25) is 14.6 Å². The van der Waals surface area contributed by atoms with Crippen LogP contribution in [0.4, 0.5) is 17.1 Å². The van der Waals surface area contributed by atoms with Crippen molar-refractivity contribution in [2.45, 2.75) is 5.92 Å². The Bertz CT molecular complexity index is 1190. The Kier molecular flexibility index (Phi) is 7.25. The number of benzene rings is 2. The lowest BCUT2D eigenvalue weighted by Gasteiger charge is -2.18. The lowest BCUT2D eigenvalue weighted by molar-refractivity contribution is -0.119. The molecule has 1 aliphatic heterocycles. The van der Waals surface area contributed by atoms with E-state index >= 15 is 0 Å². The zero-order valence-electron chi connectivity index (χ0n) is 18.7. The van der Waals surface area contributed by atoms with Crippen LogP contribution in [0, 0.1) is 5.92 Å². The predicted octanol–water partition coefficient (Wildman–Crippen LogP) is 4.25. The van der Waals surface area contributed by atoms with Gasteiger partial charge in [0.05, 0.1) is 23.0 Å². The third kappa shape index (κ3) is 5.81. The summed E-state index contributed by atoms with van der Waals surface area (Å²) in [6.45, 7) is 1.42. The van der Waals surface area contributed by atoms with Gasteiger partial charge in [0.15, 0.2) is 0 Å². The summed E-state index contributed by atoms with van der Waals surface area (Å²) in [6, 6.07) is 18.0. The van der Waals surface area contributed by atoms with Crippen molar-refractivity contribution in [2.75, 3.05) is 36.5 Å². The first kappa shape index (κ1) is 23.5. The summed E-state index contributed by atoms with van der Waals surface area (Å²) in [5, 5.41) is 6.36. The smallest absolute Gasteiger partial charge is 0.248 e. The van der Waals surface area contributed by atoms with Gasteiger partial charge in [-0.15, -0.1) is 0 Å². The number of amides is 2. The van der Waals surface area contributed by atoms with Gasteiger partial charge in [0, 0.05) is 42.0 Å². The number of anilines is 3. The Balaban J connectivity index is 1.40. The number of para-hydroxylation sites is 2. The van der Waals surface area contributed by atoms with E-state index in [1.807, 2.05) is 19.2 Å². The molecule has 0 saturated carbocycles. The number of pyridine rings is 1. The molecule has 0 spiro atoms. The Hall–Kier alpha value is -3.68. The zero-order valence-corrected chi connectivity index (χ0v) is 19.5. The second-order valence-corrected chi connectivity index (χ2v) is 8.79. The van der Waals surface area contributed by atoms with Crippen molar-refractivity contribution in [3.05, 3.63) is 89.2 Å². The standard InChI is InChI=1S/C26H26ClN5O2/c1-32-15-21(22(16-32)26(34)30-20-10-7-18(27)8-11-20)17-6-9-19(29-14-17)12-13-25(33)31-24-5-3-2-4-23(24)28/h2-14,21-22H,15-16,28H2,1H3,(H,30,34)(H,31,33)/b13-12+/t21-,22+/m1/s1. The number of likely N-dealkylation sites (tertiary alicyclic amines) is 1. The van der Waals surface area contributed by atoms with Crippen molar-refractivity contribution in [1.82, 2.24) is 9.88 Å². The van der Waals surface area contributed by atoms with E-state index in [-0.39, 0.29) is 23.7 Å². The largest absolute Gasteiger partial charge is 0.397 e. The highest BCUT2D eigenvalue weighted by Gasteiger charge is 2.37. The number of halogens is 1. The van der Waals surface area contributed by atoms with Crippen LogP contribution < -0.4 is 16.4 Å². The van der Waals surface area contributed by atoms with Crippen LogP contribution in [-0.2, 0) is 9.59 Å². The van der Waals surface area contributed by atoms with Gasteiger partial charge < -0.3 is 21.3 Å². The molecule has 8 heteroatoms. The number of nitrogen functional groups attached to an aromatic ring is 1. The molecular weight excluding hydrogens is 450 g/mol. The quantitative estimate of drug-likeness (QED) is 0.365. The van der Waals surface area contributed by atoms with E-state index in [2.05, 4.69) is 20.5 Å². The molecule has 1 aromatic heterocycles. The summed E-state index contributed by atoms with van der Waals surface area (Å²) in [5.41, 5.74) is 9.27. The van der Waals surface area contributed by atoms with E-state index in [1.54, 1.807) is 60.8 Å². The van der Waals surface area contributed by atoms with Crippen LogP contribution in [0.5, 0.6) is 0 Å². The van der Waals surface area contributed by atoms with Gasteiger partial charge >= 0.3 is 0 Å². The van der Waals surface area contributed by atoms with Crippen LogP contribution in [0.2, 0.25) is 5.02 Å². The van der Waals surface area contributed by atoms with E-state index in [1.165, 1.54) is 6.08 Å². The molecule has 4 N–H and O–H groups in total. The molecule has 3 aromatic rings. The number of hydrogen-bond acceptors (Lipinski definition) is 5. The number of likely N-dealkylation sites (N-methyl/N-ethyl adjacent to an activating group) is 1. The molecule has 0 unspecified atom stereocenters.